The van der Waals surface area contributed by atoms with Crippen molar-refractivity contribution in [2.75, 3.05) is 11.9 Å². The van der Waals surface area contributed by atoms with Gasteiger partial charge in [-0.3, -0.25) is 0 Å². The van der Waals surface area contributed by atoms with Crippen molar-refractivity contribution >= 4 is 17.3 Å². The van der Waals surface area contributed by atoms with Gasteiger partial charge in [-0.1, -0.05) is 0 Å². The minimum Gasteiger partial charge on any atom is -0.355 e. The molecule has 15 heavy (non-hydrogen) atoms. The molecule has 2 aromatic heterocycles. The molecule has 80 valence electrons. The lowest BCUT2D eigenvalue weighted by molar-refractivity contribution is 0.970. The molecule has 0 fully saturated rings. The van der Waals surface area contributed by atoms with E-state index in [1.807, 2.05) is 20.0 Å². The lowest BCUT2D eigenvalue weighted by Gasteiger charge is -1.99. The fourth-order valence-electron chi connectivity index (χ4n) is 1.31. The zero-order valence-corrected chi connectivity index (χ0v) is 9.69. The van der Waals surface area contributed by atoms with Gasteiger partial charge in [0.15, 0.2) is 5.95 Å². The topological polar surface area (TPSA) is 53.6 Å². The molecule has 0 spiro atoms. The molecule has 0 radical (unpaired) electrons. The molecule has 0 unspecified atom stereocenters. The van der Waals surface area contributed by atoms with E-state index in [1.165, 1.54) is 5.01 Å². The average molecular weight is 222 g/mol. The third-order valence-corrected chi connectivity index (χ3v) is 3.03. The summed E-state index contributed by atoms with van der Waals surface area (Å²) < 4.78 is 0. The number of hydrogen-bond acceptors (Lipinski definition) is 4. The molecule has 5 heteroatoms. The highest BCUT2D eigenvalue weighted by atomic mass is 32.1. The molecule has 0 aliphatic carbocycles. The van der Waals surface area contributed by atoms with Crippen molar-refractivity contribution in [2.24, 2.45) is 0 Å². The van der Waals surface area contributed by atoms with Gasteiger partial charge in [0.25, 0.3) is 0 Å². The number of rotatable bonds is 4. The first-order valence-corrected chi connectivity index (χ1v) is 5.78. The van der Waals surface area contributed by atoms with Gasteiger partial charge in [-0.15, -0.1) is 11.3 Å². The minimum absolute atomic E-state index is 0.834. The van der Waals surface area contributed by atoms with E-state index in [4.69, 9.17) is 0 Å². The van der Waals surface area contributed by atoms with Crippen molar-refractivity contribution in [3.8, 4) is 0 Å². The van der Waals surface area contributed by atoms with Gasteiger partial charge < -0.3 is 10.3 Å². The maximum Gasteiger partial charge on any atom is 0.200 e. The average Bonchev–Trinajstić information content (AvgIpc) is 2.76. The van der Waals surface area contributed by atoms with Crippen LogP contribution in [-0.4, -0.2) is 21.5 Å². The van der Waals surface area contributed by atoms with E-state index < -0.39 is 0 Å². The first kappa shape index (κ1) is 10.2. The summed E-state index contributed by atoms with van der Waals surface area (Å²) in [5.41, 5.74) is 2.17. The number of thiazole rings is 1. The zero-order chi connectivity index (χ0) is 10.7. The van der Waals surface area contributed by atoms with Gasteiger partial charge in [0.1, 0.15) is 0 Å². The maximum absolute atomic E-state index is 4.39. The van der Waals surface area contributed by atoms with Crippen molar-refractivity contribution in [3.05, 3.63) is 28.0 Å². The van der Waals surface area contributed by atoms with E-state index >= 15 is 0 Å². The van der Waals surface area contributed by atoms with Crippen LogP contribution >= 0.6 is 11.3 Å². The molecule has 2 aromatic rings. The molecule has 0 atom stereocenters. The summed E-state index contributed by atoms with van der Waals surface area (Å²) in [4.78, 5) is 11.7. The Morgan fingerprint density at radius 1 is 1.47 bits per heavy atom. The summed E-state index contributed by atoms with van der Waals surface area (Å²) in [7, 11) is 0. The maximum atomic E-state index is 4.39. The number of aromatic nitrogens is 3. The van der Waals surface area contributed by atoms with E-state index in [0.717, 1.165) is 30.3 Å². The smallest absolute Gasteiger partial charge is 0.200 e. The van der Waals surface area contributed by atoms with Crippen LogP contribution in [0.3, 0.4) is 0 Å². The zero-order valence-electron chi connectivity index (χ0n) is 8.87. The second kappa shape index (κ2) is 4.44. The van der Waals surface area contributed by atoms with Crippen LogP contribution in [-0.2, 0) is 6.42 Å². The summed E-state index contributed by atoms with van der Waals surface area (Å²) in [6.07, 6.45) is 2.76. The Morgan fingerprint density at radius 2 is 2.33 bits per heavy atom. The van der Waals surface area contributed by atoms with Gasteiger partial charge in [-0.05, 0) is 13.8 Å². The van der Waals surface area contributed by atoms with Crippen molar-refractivity contribution in [1.82, 2.24) is 15.0 Å². The van der Waals surface area contributed by atoms with E-state index in [1.54, 1.807) is 11.3 Å². The minimum atomic E-state index is 0.834. The molecule has 2 rings (SSSR count). The van der Waals surface area contributed by atoms with Gasteiger partial charge in [0.2, 0.25) is 0 Å². The number of aryl methyl sites for hydroxylation is 2. The Labute approximate surface area is 92.8 Å². The number of H-pyrrole nitrogens is 1. The predicted molar refractivity (Wildman–Crippen MR) is 62.4 cm³/mol. The van der Waals surface area contributed by atoms with Crippen LogP contribution < -0.4 is 5.32 Å². The van der Waals surface area contributed by atoms with Gasteiger partial charge >= 0.3 is 0 Å². The summed E-state index contributed by atoms with van der Waals surface area (Å²) in [6.45, 7) is 4.87. The Balaban J connectivity index is 1.80. The number of hydrogen-bond donors (Lipinski definition) is 2. The number of aromatic amines is 1. The number of nitrogens with one attached hydrogen (secondary N) is 2. The van der Waals surface area contributed by atoms with Crippen molar-refractivity contribution < 1.29 is 0 Å². The lowest BCUT2D eigenvalue weighted by atomic mass is 10.4. The molecule has 4 nitrogen and oxygen atoms in total. The highest BCUT2D eigenvalue weighted by molar-refractivity contribution is 7.09. The molecule has 0 bridgehead atoms. The molecular weight excluding hydrogens is 208 g/mol. The molecule has 0 saturated carbocycles. The second-order valence-electron chi connectivity index (χ2n) is 3.47. The predicted octanol–water partition coefficient (Wildman–Crippen LogP) is 2.14. The van der Waals surface area contributed by atoms with E-state index in [2.05, 4.69) is 25.6 Å². The Morgan fingerprint density at radius 3 is 2.93 bits per heavy atom. The summed E-state index contributed by atoms with van der Waals surface area (Å²) >= 11 is 1.71. The molecule has 2 N–H and O–H groups in total. The number of anilines is 1. The molecule has 0 saturated heterocycles. The van der Waals surface area contributed by atoms with Gasteiger partial charge in [-0.2, -0.15) is 0 Å². The van der Waals surface area contributed by atoms with Crippen molar-refractivity contribution in [2.45, 2.75) is 20.3 Å². The molecule has 2 heterocycles. The standard InChI is InChI=1S/C10H14N4S/c1-7-5-12-10(14-7)11-4-3-9-13-8(2)6-15-9/h5-6H,3-4H2,1-2H3,(H2,11,12,14). The second-order valence-corrected chi connectivity index (χ2v) is 4.42. The van der Waals surface area contributed by atoms with Gasteiger partial charge in [0.05, 0.1) is 5.01 Å². The molecule has 0 aromatic carbocycles. The third-order valence-electron chi connectivity index (χ3n) is 2.00. The van der Waals surface area contributed by atoms with Crippen LogP contribution in [0.15, 0.2) is 11.6 Å². The van der Waals surface area contributed by atoms with E-state index in [0.29, 0.717) is 0 Å². The molecule has 0 amide bonds. The monoisotopic (exact) mass is 222 g/mol. The third kappa shape index (κ3) is 2.79. The number of nitrogens with zero attached hydrogens (tertiary/aromatic N) is 2. The van der Waals surface area contributed by atoms with Crippen LogP contribution in [0.25, 0.3) is 0 Å². The van der Waals surface area contributed by atoms with Crippen LogP contribution in [0.1, 0.15) is 16.4 Å². The largest absolute Gasteiger partial charge is 0.355 e. The normalized spacial score (nSPS) is 10.5. The first-order valence-electron chi connectivity index (χ1n) is 4.90. The SMILES string of the molecule is Cc1csc(CCNc2ncc(C)[nH]2)n1. The Hall–Kier alpha value is -1.36. The van der Waals surface area contributed by atoms with Crippen molar-refractivity contribution in [3.63, 3.8) is 0 Å². The first-order chi connectivity index (χ1) is 7.24. The summed E-state index contributed by atoms with van der Waals surface area (Å²) in [6, 6.07) is 0. The van der Waals surface area contributed by atoms with Crippen LogP contribution in [0.5, 0.6) is 0 Å². The van der Waals surface area contributed by atoms with Crippen LogP contribution in [0, 0.1) is 13.8 Å². The quantitative estimate of drug-likeness (QED) is 0.833. The highest BCUT2D eigenvalue weighted by Gasteiger charge is 1.99. The highest BCUT2D eigenvalue weighted by Crippen LogP contribution is 2.09. The van der Waals surface area contributed by atoms with E-state index in [-0.39, 0.29) is 0 Å². The lowest BCUT2D eigenvalue weighted by Crippen LogP contribution is -2.05. The number of imidazole rings is 1. The fraction of sp³-hybridized carbons (Fsp3) is 0.400. The fourth-order valence-corrected chi connectivity index (χ4v) is 2.08. The van der Waals surface area contributed by atoms with Crippen LogP contribution in [0.2, 0.25) is 0 Å². The Kier molecular flexibility index (Phi) is 3.01. The van der Waals surface area contributed by atoms with Gasteiger partial charge in [0, 0.05) is 35.9 Å². The van der Waals surface area contributed by atoms with Gasteiger partial charge in [-0.25, -0.2) is 9.97 Å². The van der Waals surface area contributed by atoms with E-state index in [9.17, 15) is 0 Å². The molecule has 0 aliphatic rings. The molecule has 0 aliphatic heterocycles. The summed E-state index contributed by atoms with van der Waals surface area (Å²) in [5, 5.41) is 6.47. The Bertz CT molecular complexity index is 392. The van der Waals surface area contributed by atoms with Crippen LogP contribution in [0.4, 0.5) is 5.95 Å². The molecular formula is C10H14N4S. The summed E-state index contributed by atoms with van der Waals surface area (Å²) in [5.74, 6) is 0.834. The van der Waals surface area contributed by atoms with Crippen molar-refractivity contribution in [1.29, 1.82) is 0 Å².